The molecule has 2 N–H and O–H groups in total. The summed E-state index contributed by atoms with van der Waals surface area (Å²) in [6.07, 6.45) is 7.95. The van der Waals surface area contributed by atoms with Crippen LogP contribution in [0, 0.1) is 5.92 Å². The second-order valence-corrected chi connectivity index (χ2v) is 7.25. The highest BCUT2D eigenvalue weighted by atomic mass is 16.1. The predicted octanol–water partition coefficient (Wildman–Crippen LogP) is 2.71. The molecule has 0 bridgehead atoms. The zero-order valence-electron chi connectivity index (χ0n) is 15.3. The summed E-state index contributed by atoms with van der Waals surface area (Å²) in [4.78, 5) is 22.5. The molecule has 0 aliphatic carbocycles. The van der Waals surface area contributed by atoms with Gasteiger partial charge in [-0.1, -0.05) is 0 Å². The van der Waals surface area contributed by atoms with E-state index in [9.17, 15) is 4.79 Å². The molecule has 26 heavy (non-hydrogen) atoms. The van der Waals surface area contributed by atoms with Crippen LogP contribution in [0.1, 0.15) is 34.9 Å². The topological polar surface area (TPSA) is 66.0 Å². The van der Waals surface area contributed by atoms with Crippen LogP contribution in [0.2, 0.25) is 0 Å². The average molecular weight is 351 g/mol. The van der Waals surface area contributed by atoms with Gasteiger partial charge in [-0.2, -0.15) is 0 Å². The molecule has 3 heterocycles. The Kier molecular flexibility index (Phi) is 4.51. The number of piperidine rings is 1. The maximum Gasteiger partial charge on any atom is 0.251 e. The van der Waals surface area contributed by atoms with Gasteiger partial charge in [0.1, 0.15) is 0 Å². The molecular formula is C20H25N5O. The second kappa shape index (κ2) is 6.96. The van der Waals surface area contributed by atoms with Crippen LogP contribution in [0.25, 0.3) is 10.9 Å². The average Bonchev–Trinajstić information content (AvgIpc) is 3.27. The van der Waals surface area contributed by atoms with Crippen LogP contribution in [0.4, 0.5) is 0 Å². The summed E-state index contributed by atoms with van der Waals surface area (Å²) in [7, 11) is 4.19. The van der Waals surface area contributed by atoms with Gasteiger partial charge in [-0.05, 0) is 56.6 Å². The molecule has 0 spiro atoms. The minimum absolute atomic E-state index is 0.00918. The number of hydrogen-bond acceptors (Lipinski definition) is 3. The van der Waals surface area contributed by atoms with Crippen LogP contribution in [0.3, 0.4) is 0 Å². The van der Waals surface area contributed by atoms with E-state index < -0.39 is 0 Å². The van der Waals surface area contributed by atoms with Crippen molar-refractivity contribution in [2.45, 2.75) is 18.9 Å². The normalized spacial score (nSPS) is 21.2. The van der Waals surface area contributed by atoms with Crippen LogP contribution < -0.4 is 5.32 Å². The van der Waals surface area contributed by atoms with Gasteiger partial charge >= 0.3 is 0 Å². The molecule has 4 rings (SSSR count). The Labute approximate surface area is 153 Å². The number of nitrogens with one attached hydrogen (secondary N) is 2. The van der Waals surface area contributed by atoms with Crippen LogP contribution in [-0.2, 0) is 7.05 Å². The first-order chi connectivity index (χ1) is 12.6. The molecule has 1 amide bonds. The Morgan fingerprint density at radius 3 is 3.04 bits per heavy atom. The number of benzene rings is 1. The summed E-state index contributed by atoms with van der Waals surface area (Å²) in [5, 5.41) is 4.21. The minimum Gasteiger partial charge on any atom is -0.361 e. The van der Waals surface area contributed by atoms with Crippen molar-refractivity contribution >= 4 is 16.8 Å². The van der Waals surface area contributed by atoms with E-state index in [4.69, 9.17) is 0 Å². The smallest absolute Gasteiger partial charge is 0.251 e. The Bertz CT molecular complexity index is 912. The lowest BCUT2D eigenvalue weighted by molar-refractivity contribution is 0.0882. The highest BCUT2D eigenvalue weighted by molar-refractivity contribution is 5.98. The maximum atomic E-state index is 12.6. The summed E-state index contributed by atoms with van der Waals surface area (Å²) in [5.74, 6) is 0.370. The fourth-order valence-corrected chi connectivity index (χ4v) is 4.11. The lowest BCUT2D eigenvalue weighted by atomic mass is 9.87. The molecule has 1 aliphatic heterocycles. The van der Waals surface area contributed by atoms with Gasteiger partial charge in [0.15, 0.2) is 0 Å². The van der Waals surface area contributed by atoms with E-state index in [2.05, 4.69) is 31.8 Å². The SMILES string of the molecule is CN1CCC[C@@H](CNC(=O)c2ccc3[nH]ccc3c2)[C@@H]1c1cncn1C. The number of rotatable bonds is 4. The first kappa shape index (κ1) is 16.8. The molecule has 2 atom stereocenters. The molecule has 6 heteroatoms. The summed E-state index contributed by atoms with van der Waals surface area (Å²) in [5.41, 5.74) is 2.96. The quantitative estimate of drug-likeness (QED) is 0.759. The van der Waals surface area contributed by atoms with E-state index >= 15 is 0 Å². The van der Waals surface area contributed by atoms with E-state index in [1.807, 2.05) is 50.0 Å². The van der Waals surface area contributed by atoms with Crippen LogP contribution >= 0.6 is 0 Å². The first-order valence-electron chi connectivity index (χ1n) is 9.15. The van der Waals surface area contributed by atoms with Crippen molar-refractivity contribution in [1.29, 1.82) is 0 Å². The van der Waals surface area contributed by atoms with E-state index in [0.29, 0.717) is 18.0 Å². The number of H-pyrrole nitrogens is 1. The predicted molar refractivity (Wildman–Crippen MR) is 102 cm³/mol. The molecule has 1 saturated heterocycles. The zero-order chi connectivity index (χ0) is 18.1. The summed E-state index contributed by atoms with van der Waals surface area (Å²) in [6, 6.07) is 8.04. The third kappa shape index (κ3) is 3.12. The third-order valence-electron chi connectivity index (χ3n) is 5.50. The molecule has 0 saturated carbocycles. The number of likely N-dealkylation sites (tertiary alicyclic amines) is 1. The van der Waals surface area contributed by atoms with Crippen molar-refractivity contribution in [3.05, 3.63) is 54.2 Å². The Hall–Kier alpha value is -2.60. The van der Waals surface area contributed by atoms with Gasteiger partial charge in [-0.25, -0.2) is 4.98 Å². The lowest BCUT2D eigenvalue weighted by Gasteiger charge is -2.39. The molecule has 1 aromatic carbocycles. The molecule has 3 aromatic rings. The fraction of sp³-hybridized carbons (Fsp3) is 0.400. The largest absolute Gasteiger partial charge is 0.361 e. The standard InChI is InChI=1S/C20H25N5O/c1-24-9-3-4-16(19(24)18-12-21-13-25(18)2)11-23-20(26)15-5-6-17-14(10-15)7-8-22-17/h5-8,10,12-13,16,19,22H,3-4,9,11H2,1-2H3,(H,23,26)/t16-,19+/m0/s1. The van der Waals surface area contributed by atoms with Gasteiger partial charge < -0.3 is 14.9 Å². The number of aromatic amines is 1. The van der Waals surface area contributed by atoms with Gasteiger partial charge in [0.05, 0.1) is 18.1 Å². The molecule has 1 aliphatic rings. The lowest BCUT2D eigenvalue weighted by Crippen LogP contribution is -2.42. The molecule has 1 fully saturated rings. The van der Waals surface area contributed by atoms with Crippen LogP contribution in [-0.4, -0.2) is 45.5 Å². The third-order valence-corrected chi connectivity index (χ3v) is 5.50. The van der Waals surface area contributed by atoms with Crippen LogP contribution in [0.15, 0.2) is 43.0 Å². The molecular weight excluding hydrogens is 326 g/mol. The number of fused-ring (bicyclic) bond motifs is 1. The number of carbonyl (C=O) groups excluding carboxylic acids is 1. The highest BCUT2D eigenvalue weighted by Gasteiger charge is 2.32. The van der Waals surface area contributed by atoms with Crippen molar-refractivity contribution in [2.24, 2.45) is 13.0 Å². The van der Waals surface area contributed by atoms with Crippen molar-refractivity contribution in [3.63, 3.8) is 0 Å². The van der Waals surface area contributed by atoms with E-state index in [1.54, 1.807) is 0 Å². The fourth-order valence-electron chi connectivity index (χ4n) is 4.11. The summed E-state index contributed by atoms with van der Waals surface area (Å²) in [6.45, 7) is 1.74. The summed E-state index contributed by atoms with van der Waals surface area (Å²) >= 11 is 0. The van der Waals surface area contributed by atoms with Crippen molar-refractivity contribution < 1.29 is 4.79 Å². The Morgan fingerprint density at radius 2 is 2.23 bits per heavy atom. The Balaban J connectivity index is 1.48. The van der Waals surface area contributed by atoms with Gasteiger partial charge in [-0.15, -0.1) is 0 Å². The number of aromatic nitrogens is 3. The monoisotopic (exact) mass is 351 g/mol. The number of imidazole rings is 1. The van der Waals surface area contributed by atoms with Gasteiger partial charge in [0.2, 0.25) is 0 Å². The Morgan fingerprint density at radius 1 is 1.35 bits per heavy atom. The molecule has 136 valence electrons. The number of amides is 1. The highest BCUT2D eigenvalue weighted by Crippen LogP contribution is 2.34. The number of hydrogen-bond donors (Lipinski definition) is 2. The minimum atomic E-state index is -0.00918. The number of carbonyl (C=O) groups is 1. The van der Waals surface area contributed by atoms with Crippen molar-refractivity contribution in [2.75, 3.05) is 20.1 Å². The molecule has 2 aromatic heterocycles. The van der Waals surface area contributed by atoms with E-state index in [1.165, 1.54) is 5.69 Å². The second-order valence-electron chi connectivity index (χ2n) is 7.25. The van der Waals surface area contributed by atoms with Crippen LogP contribution in [0.5, 0.6) is 0 Å². The molecule has 6 nitrogen and oxygen atoms in total. The summed E-state index contributed by atoms with van der Waals surface area (Å²) < 4.78 is 2.08. The number of nitrogens with zero attached hydrogens (tertiary/aromatic N) is 3. The first-order valence-corrected chi connectivity index (χ1v) is 9.15. The molecule has 0 radical (unpaired) electrons. The van der Waals surface area contributed by atoms with E-state index in [0.717, 1.165) is 30.3 Å². The number of aryl methyl sites for hydroxylation is 1. The van der Waals surface area contributed by atoms with E-state index in [-0.39, 0.29) is 11.9 Å². The molecule has 0 unspecified atom stereocenters. The maximum absolute atomic E-state index is 12.6. The van der Waals surface area contributed by atoms with Crippen molar-refractivity contribution in [3.8, 4) is 0 Å². The zero-order valence-corrected chi connectivity index (χ0v) is 15.3. The van der Waals surface area contributed by atoms with Gasteiger partial charge in [0.25, 0.3) is 5.91 Å². The van der Waals surface area contributed by atoms with Crippen molar-refractivity contribution in [1.82, 2.24) is 24.8 Å². The van der Waals surface area contributed by atoms with Gasteiger partial charge in [-0.3, -0.25) is 9.69 Å². The van der Waals surface area contributed by atoms with Gasteiger partial charge in [0, 0.05) is 42.5 Å².